The van der Waals surface area contributed by atoms with Gasteiger partial charge in [-0.3, -0.25) is 9.18 Å². The first kappa shape index (κ1) is 28.4. The molecule has 1 unspecified atom stereocenters. The summed E-state index contributed by atoms with van der Waals surface area (Å²) in [6.07, 6.45) is 27.0. The van der Waals surface area contributed by atoms with Crippen LogP contribution < -0.4 is 0 Å². The molecule has 29 heavy (non-hydrogen) atoms. The SMILES string of the molecule is CC(CCCCCCCCCCCCF)CCCCCCCCCCCC(=O)O. The van der Waals surface area contributed by atoms with Crippen LogP contribution in [0.15, 0.2) is 0 Å². The maximum absolute atomic E-state index is 12.0. The summed E-state index contributed by atoms with van der Waals surface area (Å²) in [6.45, 7) is 2.28. The van der Waals surface area contributed by atoms with E-state index in [-0.39, 0.29) is 6.67 Å². The van der Waals surface area contributed by atoms with Gasteiger partial charge in [-0.2, -0.15) is 0 Å². The molecule has 0 amide bonds. The fourth-order valence-electron chi connectivity index (χ4n) is 4.15. The first-order valence-corrected chi connectivity index (χ1v) is 12.9. The van der Waals surface area contributed by atoms with Gasteiger partial charge in [0, 0.05) is 6.42 Å². The molecule has 0 spiro atoms. The number of hydrogen-bond acceptors (Lipinski definition) is 1. The van der Waals surface area contributed by atoms with Gasteiger partial charge in [-0.25, -0.2) is 0 Å². The van der Waals surface area contributed by atoms with Crippen molar-refractivity contribution in [2.24, 2.45) is 5.92 Å². The largest absolute Gasteiger partial charge is 0.481 e. The van der Waals surface area contributed by atoms with E-state index in [1.54, 1.807) is 0 Å². The maximum atomic E-state index is 12.0. The number of alkyl halides is 1. The number of carbonyl (C=O) groups is 1. The van der Waals surface area contributed by atoms with Gasteiger partial charge in [0.05, 0.1) is 6.67 Å². The monoisotopic (exact) mass is 414 g/mol. The van der Waals surface area contributed by atoms with E-state index >= 15 is 0 Å². The third kappa shape index (κ3) is 25.4. The molecule has 0 bridgehead atoms. The minimum absolute atomic E-state index is 0.142. The summed E-state index contributed by atoms with van der Waals surface area (Å²) in [5, 5.41) is 8.60. The highest BCUT2D eigenvalue weighted by atomic mass is 19.1. The van der Waals surface area contributed by atoms with Crippen LogP contribution in [0.3, 0.4) is 0 Å². The van der Waals surface area contributed by atoms with Gasteiger partial charge < -0.3 is 5.11 Å². The zero-order valence-corrected chi connectivity index (χ0v) is 19.6. The average Bonchev–Trinajstić information content (AvgIpc) is 2.70. The molecule has 0 aliphatic rings. The normalized spacial score (nSPS) is 12.3. The van der Waals surface area contributed by atoms with Crippen molar-refractivity contribution in [1.29, 1.82) is 0 Å². The predicted molar refractivity (Wildman–Crippen MR) is 124 cm³/mol. The zero-order valence-electron chi connectivity index (χ0n) is 19.6. The first-order valence-electron chi connectivity index (χ1n) is 12.9. The van der Waals surface area contributed by atoms with Crippen LogP contribution in [0, 0.1) is 5.92 Å². The van der Waals surface area contributed by atoms with E-state index in [4.69, 9.17) is 5.11 Å². The summed E-state index contributed by atoms with van der Waals surface area (Å²) < 4.78 is 12.0. The molecule has 0 heterocycles. The van der Waals surface area contributed by atoms with Crippen molar-refractivity contribution in [3.8, 4) is 0 Å². The summed E-state index contributed by atoms with van der Waals surface area (Å²) in [7, 11) is 0. The summed E-state index contributed by atoms with van der Waals surface area (Å²) in [6, 6.07) is 0. The highest BCUT2D eigenvalue weighted by Gasteiger charge is 2.02. The molecule has 1 N–H and O–H groups in total. The number of carboxylic acids is 1. The van der Waals surface area contributed by atoms with Gasteiger partial charge in [-0.15, -0.1) is 0 Å². The summed E-state index contributed by atoms with van der Waals surface area (Å²) >= 11 is 0. The summed E-state index contributed by atoms with van der Waals surface area (Å²) in [5.74, 6) is 0.230. The van der Waals surface area contributed by atoms with Gasteiger partial charge in [0.2, 0.25) is 0 Å². The van der Waals surface area contributed by atoms with Crippen LogP contribution in [-0.2, 0) is 4.79 Å². The molecule has 0 radical (unpaired) electrons. The Kier molecular flexibility index (Phi) is 23.2. The lowest BCUT2D eigenvalue weighted by Crippen LogP contribution is -1.95. The van der Waals surface area contributed by atoms with Crippen molar-refractivity contribution in [3.63, 3.8) is 0 Å². The molecule has 0 saturated carbocycles. The molecule has 2 nitrogen and oxygen atoms in total. The van der Waals surface area contributed by atoms with E-state index < -0.39 is 5.97 Å². The lowest BCUT2D eigenvalue weighted by molar-refractivity contribution is -0.137. The third-order valence-corrected chi connectivity index (χ3v) is 6.17. The number of carboxylic acid groups (broad SMARTS) is 1. The number of aliphatic carboxylic acids is 1. The van der Waals surface area contributed by atoms with Crippen LogP contribution in [0.5, 0.6) is 0 Å². The highest BCUT2D eigenvalue weighted by Crippen LogP contribution is 2.19. The Morgan fingerprint density at radius 3 is 1.24 bits per heavy atom. The molecule has 0 aliphatic heterocycles. The lowest BCUT2D eigenvalue weighted by atomic mass is 9.95. The molecule has 0 fully saturated rings. The fourth-order valence-corrected chi connectivity index (χ4v) is 4.15. The molecule has 0 aromatic heterocycles. The van der Waals surface area contributed by atoms with E-state index in [1.807, 2.05) is 0 Å². The standard InChI is InChI=1S/C26H51FO2/c1-25(21-17-13-9-5-2-3-8-12-16-20-24-27)22-18-14-10-6-4-7-11-15-19-23-26(28)29/h25H,2-24H2,1H3,(H,28,29). The van der Waals surface area contributed by atoms with E-state index in [2.05, 4.69) is 6.92 Å². The molecule has 0 aromatic carbocycles. The lowest BCUT2D eigenvalue weighted by Gasteiger charge is -2.11. The van der Waals surface area contributed by atoms with Crippen molar-refractivity contribution in [2.75, 3.05) is 6.67 Å². The molecular weight excluding hydrogens is 363 g/mol. The molecule has 0 aromatic rings. The molecule has 0 aliphatic carbocycles. The smallest absolute Gasteiger partial charge is 0.303 e. The van der Waals surface area contributed by atoms with Gasteiger partial charge in [0.1, 0.15) is 0 Å². The minimum Gasteiger partial charge on any atom is -0.481 e. The summed E-state index contributed by atoms with van der Waals surface area (Å²) in [5.41, 5.74) is 0. The van der Waals surface area contributed by atoms with E-state index in [9.17, 15) is 9.18 Å². The maximum Gasteiger partial charge on any atom is 0.303 e. The van der Waals surface area contributed by atoms with Crippen molar-refractivity contribution in [3.05, 3.63) is 0 Å². The molecule has 0 rings (SSSR count). The fraction of sp³-hybridized carbons (Fsp3) is 0.962. The van der Waals surface area contributed by atoms with Crippen molar-refractivity contribution < 1.29 is 14.3 Å². The summed E-state index contributed by atoms with van der Waals surface area (Å²) in [4.78, 5) is 10.4. The Hall–Kier alpha value is -0.600. The van der Waals surface area contributed by atoms with Crippen LogP contribution in [0.4, 0.5) is 4.39 Å². The molecule has 0 saturated heterocycles. The second kappa shape index (κ2) is 23.7. The topological polar surface area (TPSA) is 37.3 Å². The van der Waals surface area contributed by atoms with E-state index in [0.29, 0.717) is 6.42 Å². The second-order valence-corrected chi connectivity index (χ2v) is 9.23. The molecular formula is C26H51FO2. The van der Waals surface area contributed by atoms with Crippen LogP contribution in [0.2, 0.25) is 0 Å². The van der Waals surface area contributed by atoms with Crippen molar-refractivity contribution in [1.82, 2.24) is 0 Å². The van der Waals surface area contributed by atoms with Crippen molar-refractivity contribution in [2.45, 2.75) is 148 Å². The first-order chi connectivity index (χ1) is 14.2. The quantitative estimate of drug-likeness (QED) is 0.160. The Labute approximate surface area is 181 Å². The zero-order chi connectivity index (χ0) is 21.4. The average molecular weight is 415 g/mol. The number of hydrogen-bond donors (Lipinski definition) is 1. The van der Waals surface area contributed by atoms with E-state index in [0.717, 1.165) is 31.6 Å². The van der Waals surface area contributed by atoms with Crippen molar-refractivity contribution >= 4 is 5.97 Å². The Bertz CT molecular complexity index is 333. The van der Waals surface area contributed by atoms with Gasteiger partial charge in [-0.1, -0.05) is 129 Å². The minimum atomic E-state index is -0.659. The number of halogens is 1. The molecule has 3 heteroatoms. The van der Waals surface area contributed by atoms with Crippen LogP contribution in [0.1, 0.15) is 148 Å². The molecule has 174 valence electrons. The number of unbranched alkanes of at least 4 members (excludes halogenated alkanes) is 17. The van der Waals surface area contributed by atoms with Gasteiger partial charge in [0.25, 0.3) is 0 Å². The highest BCUT2D eigenvalue weighted by molar-refractivity contribution is 5.66. The Morgan fingerprint density at radius 1 is 0.586 bits per heavy atom. The van der Waals surface area contributed by atoms with Crippen LogP contribution in [-0.4, -0.2) is 17.8 Å². The Morgan fingerprint density at radius 2 is 0.897 bits per heavy atom. The van der Waals surface area contributed by atoms with Gasteiger partial charge >= 0.3 is 5.97 Å². The Balaban J connectivity index is 3.15. The van der Waals surface area contributed by atoms with Gasteiger partial charge in [0.15, 0.2) is 0 Å². The van der Waals surface area contributed by atoms with Crippen LogP contribution in [0.25, 0.3) is 0 Å². The van der Waals surface area contributed by atoms with Crippen LogP contribution >= 0.6 is 0 Å². The third-order valence-electron chi connectivity index (χ3n) is 6.17. The second-order valence-electron chi connectivity index (χ2n) is 9.23. The van der Waals surface area contributed by atoms with Gasteiger partial charge in [-0.05, 0) is 18.8 Å². The predicted octanol–water partition coefficient (Wildman–Crippen LogP) is 9.26. The number of rotatable bonds is 24. The molecule has 1 atom stereocenters. The van der Waals surface area contributed by atoms with E-state index in [1.165, 1.54) is 109 Å².